The van der Waals surface area contributed by atoms with Crippen LogP contribution in [0.1, 0.15) is 93.8 Å². The molecule has 0 aliphatic carbocycles. The predicted octanol–water partition coefficient (Wildman–Crippen LogP) is 8.09. The fourth-order valence-electron chi connectivity index (χ4n) is 5.82. The molecule has 8 heteroatoms. The van der Waals surface area contributed by atoms with Crippen LogP contribution in [0.25, 0.3) is 0 Å². The van der Waals surface area contributed by atoms with E-state index in [0.717, 1.165) is 34.2 Å². The molecule has 3 atom stereocenters. The van der Waals surface area contributed by atoms with Crippen LogP contribution < -0.4 is 10.6 Å². The number of nitrogens with zero attached hydrogens (tertiary/aromatic N) is 1. The minimum Gasteiger partial charge on any atom is -0.508 e. The minimum atomic E-state index is -1.06. The molecule has 0 bridgehead atoms. The molecule has 8 nitrogen and oxygen atoms in total. The Labute approximate surface area is 280 Å². The third-order valence-corrected chi connectivity index (χ3v) is 8.07. The number of amides is 3. The Balaban J connectivity index is 2.20. The molecular weight excluding hydrogens is 590 g/mol. The number of aryl methyl sites for hydroxylation is 4. The van der Waals surface area contributed by atoms with Gasteiger partial charge in [-0.1, -0.05) is 73.5 Å². The number of aromatic hydroxyl groups is 1. The molecule has 3 aromatic rings. The van der Waals surface area contributed by atoms with Crippen LogP contribution >= 0.6 is 0 Å². The maximum absolute atomic E-state index is 15.0. The number of rotatable bonds is 12. The molecule has 3 amide bonds. The van der Waals surface area contributed by atoms with Crippen molar-refractivity contribution >= 4 is 23.6 Å². The quantitative estimate of drug-likeness (QED) is 0.185. The number of hydrogen-bond acceptors (Lipinski definition) is 5. The number of carbonyl (C=O) groups excluding carboxylic acids is 3. The summed E-state index contributed by atoms with van der Waals surface area (Å²) in [5.41, 5.74) is 5.13. The lowest BCUT2D eigenvalue weighted by Gasteiger charge is -2.39. The highest BCUT2D eigenvalue weighted by Gasteiger charge is 2.39. The van der Waals surface area contributed by atoms with Crippen LogP contribution in [-0.2, 0) is 20.7 Å². The van der Waals surface area contributed by atoms with E-state index in [-0.39, 0.29) is 24.1 Å². The first-order valence-electron chi connectivity index (χ1n) is 16.5. The van der Waals surface area contributed by atoms with Crippen molar-refractivity contribution in [1.29, 1.82) is 0 Å². The van der Waals surface area contributed by atoms with E-state index in [0.29, 0.717) is 23.6 Å². The summed E-state index contributed by atoms with van der Waals surface area (Å²) in [6.45, 7) is 19.4. The Bertz CT molecular complexity index is 1500. The molecule has 3 rings (SSSR count). The summed E-state index contributed by atoms with van der Waals surface area (Å²) in [7, 11) is 0. The van der Waals surface area contributed by atoms with E-state index in [1.165, 1.54) is 0 Å². The maximum Gasteiger partial charge on any atom is 0.408 e. The van der Waals surface area contributed by atoms with Crippen molar-refractivity contribution in [2.24, 2.45) is 5.92 Å². The molecule has 3 unspecified atom stereocenters. The second-order valence-corrected chi connectivity index (χ2v) is 14.2. The normalized spacial score (nSPS) is 13.4. The molecule has 47 heavy (non-hydrogen) atoms. The zero-order valence-corrected chi connectivity index (χ0v) is 29.7. The van der Waals surface area contributed by atoms with Crippen LogP contribution in [0.3, 0.4) is 0 Å². The number of nitrogens with one attached hydrogen (secondary N) is 2. The first-order valence-corrected chi connectivity index (χ1v) is 16.5. The van der Waals surface area contributed by atoms with Gasteiger partial charge in [-0.05, 0) is 109 Å². The Hall–Kier alpha value is -4.33. The van der Waals surface area contributed by atoms with Crippen molar-refractivity contribution in [3.63, 3.8) is 0 Å². The van der Waals surface area contributed by atoms with Crippen molar-refractivity contribution in [2.45, 2.75) is 112 Å². The number of phenols is 1. The first-order chi connectivity index (χ1) is 21.9. The number of phenolic OH excluding ortho intramolecular Hbond substituents is 1. The topological polar surface area (TPSA) is 108 Å². The number of benzene rings is 3. The lowest BCUT2D eigenvalue weighted by atomic mass is 9.94. The molecule has 0 saturated carbocycles. The van der Waals surface area contributed by atoms with E-state index in [4.69, 9.17) is 4.74 Å². The Morgan fingerprint density at radius 2 is 1.43 bits per heavy atom. The van der Waals surface area contributed by atoms with Crippen LogP contribution in [0, 0.1) is 33.6 Å². The average Bonchev–Trinajstić information content (AvgIpc) is 2.95. The standard InChI is InChI=1S/C39H53N3O5/c1-24(2)14-15-29(7)42(37(45)33(40-38(46)47-39(8,9)10)23-30-16-18-32(43)19-17-30)35(31-21-25(3)20-26(4)22-31)36(44)41-34-27(5)12-11-13-28(34)6/h11-13,16-22,24,29,33,35,43H,14-15,23H2,1-10H3,(H,40,46)(H,41,44). The Morgan fingerprint density at radius 3 is 1.96 bits per heavy atom. The molecule has 0 radical (unpaired) electrons. The highest BCUT2D eigenvalue weighted by Crippen LogP contribution is 2.31. The van der Waals surface area contributed by atoms with Gasteiger partial charge in [0.15, 0.2) is 0 Å². The van der Waals surface area contributed by atoms with Gasteiger partial charge in [0.1, 0.15) is 23.4 Å². The molecule has 0 saturated heterocycles. The smallest absolute Gasteiger partial charge is 0.408 e. The van der Waals surface area contributed by atoms with Crippen LogP contribution in [-0.4, -0.2) is 45.6 Å². The molecular formula is C39H53N3O5. The summed E-state index contributed by atoms with van der Waals surface area (Å²) in [5, 5.41) is 15.9. The largest absolute Gasteiger partial charge is 0.508 e. The molecule has 0 aliphatic rings. The van der Waals surface area contributed by atoms with Crippen molar-refractivity contribution in [2.75, 3.05) is 5.32 Å². The summed E-state index contributed by atoms with van der Waals surface area (Å²) in [6, 6.07) is 15.9. The van der Waals surface area contributed by atoms with E-state index in [1.807, 2.05) is 71.0 Å². The van der Waals surface area contributed by atoms with Gasteiger partial charge in [0.25, 0.3) is 5.91 Å². The number of carbonyl (C=O) groups is 3. The fourth-order valence-corrected chi connectivity index (χ4v) is 5.82. The molecule has 0 spiro atoms. The summed E-state index contributed by atoms with van der Waals surface area (Å²) < 4.78 is 5.58. The minimum absolute atomic E-state index is 0.0960. The van der Waals surface area contributed by atoms with Gasteiger partial charge in [-0.3, -0.25) is 9.59 Å². The zero-order chi connectivity index (χ0) is 35.1. The number of para-hydroxylation sites is 1. The van der Waals surface area contributed by atoms with Crippen LogP contribution in [0.15, 0.2) is 60.7 Å². The zero-order valence-electron chi connectivity index (χ0n) is 29.7. The second kappa shape index (κ2) is 16.0. The third-order valence-electron chi connectivity index (χ3n) is 8.07. The first kappa shape index (κ1) is 37.1. The molecule has 254 valence electrons. The van der Waals surface area contributed by atoms with Gasteiger partial charge in [0.05, 0.1) is 0 Å². The Morgan fingerprint density at radius 1 is 0.851 bits per heavy atom. The predicted molar refractivity (Wildman–Crippen MR) is 189 cm³/mol. The SMILES string of the molecule is Cc1cc(C)cc(C(C(=O)Nc2c(C)cccc2C)N(C(=O)C(Cc2ccc(O)cc2)NC(=O)OC(C)(C)C)C(C)CCC(C)C)c1. The van der Waals surface area contributed by atoms with Gasteiger partial charge in [-0.2, -0.15) is 0 Å². The molecule has 0 fully saturated rings. The third kappa shape index (κ3) is 10.9. The van der Waals surface area contributed by atoms with E-state index in [2.05, 4.69) is 24.5 Å². The lowest BCUT2D eigenvalue weighted by Crippen LogP contribution is -2.55. The maximum atomic E-state index is 15.0. The Kier molecular flexibility index (Phi) is 12.6. The summed E-state index contributed by atoms with van der Waals surface area (Å²) in [6.07, 6.45) is 0.890. The van der Waals surface area contributed by atoms with E-state index in [9.17, 15) is 14.7 Å². The van der Waals surface area contributed by atoms with Crippen molar-refractivity contribution in [3.05, 3.63) is 94.0 Å². The van der Waals surface area contributed by atoms with Gasteiger partial charge in [-0.15, -0.1) is 0 Å². The van der Waals surface area contributed by atoms with Crippen LogP contribution in [0.4, 0.5) is 10.5 Å². The van der Waals surface area contributed by atoms with Crippen molar-refractivity contribution in [1.82, 2.24) is 10.2 Å². The average molecular weight is 644 g/mol. The van der Waals surface area contributed by atoms with Crippen molar-refractivity contribution in [3.8, 4) is 5.75 Å². The molecule has 0 aromatic heterocycles. The van der Waals surface area contributed by atoms with E-state index >= 15 is 4.79 Å². The number of hydrogen-bond donors (Lipinski definition) is 3. The van der Waals surface area contributed by atoms with Crippen LogP contribution in [0.5, 0.6) is 5.75 Å². The molecule has 3 aromatic carbocycles. The van der Waals surface area contributed by atoms with E-state index in [1.54, 1.807) is 49.9 Å². The van der Waals surface area contributed by atoms with Crippen LogP contribution in [0.2, 0.25) is 0 Å². The van der Waals surface area contributed by atoms with Gasteiger partial charge in [-0.25, -0.2) is 4.79 Å². The summed E-state index contributed by atoms with van der Waals surface area (Å²) >= 11 is 0. The fraction of sp³-hybridized carbons (Fsp3) is 0.462. The molecule has 3 N–H and O–H groups in total. The number of ether oxygens (including phenoxy) is 1. The van der Waals surface area contributed by atoms with Crippen molar-refractivity contribution < 1.29 is 24.2 Å². The monoisotopic (exact) mass is 643 g/mol. The second-order valence-electron chi connectivity index (χ2n) is 14.2. The molecule has 0 heterocycles. The van der Waals surface area contributed by atoms with Gasteiger partial charge in [0, 0.05) is 18.2 Å². The van der Waals surface area contributed by atoms with Gasteiger partial charge in [0.2, 0.25) is 5.91 Å². The highest BCUT2D eigenvalue weighted by molar-refractivity contribution is 6.00. The highest BCUT2D eigenvalue weighted by atomic mass is 16.6. The van der Waals surface area contributed by atoms with Gasteiger partial charge >= 0.3 is 6.09 Å². The summed E-state index contributed by atoms with van der Waals surface area (Å²) in [5.74, 6) is -0.261. The lowest BCUT2D eigenvalue weighted by molar-refractivity contribution is -0.143. The number of anilines is 1. The summed E-state index contributed by atoms with van der Waals surface area (Å²) in [4.78, 5) is 44.5. The molecule has 0 aliphatic heterocycles. The number of alkyl carbamates (subject to hydrolysis) is 1. The van der Waals surface area contributed by atoms with E-state index < -0.39 is 29.7 Å². The van der Waals surface area contributed by atoms with Gasteiger partial charge < -0.3 is 25.4 Å².